The standard InChI is InChI=1S/2C20H24Cl2N2O.H2O/c2*1-15(25)20(22)24-13-11-23(12-14-24)19(16-5-3-2-4-6-16)17-7-9-18(21)10-8-17;/h2*2-10,15,19-20,25H,11-14H2,1H3;1H2. The van der Waals surface area contributed by atoms with Crippen LogP contribution in [-0.2, 0) is 0 Å². The summed E-state index contributed by atoms with van der Waals surface area (Å²) in [7, 11) is 0. The number of piperazine rings is 2. The first kappa shape index (κ1) is 41.5. The van der Waals surface area contributed by atoms with E-state index in [2.05, 4.69) is 92.4 Å². The quantitative estimate of drug-likeness (QED) is 0.132. The molecule has 0 bridgehead atoms. The lowest BCUT2D eigenvalue weighted by molar-refractivity contribution is 0.0525. The molecule has 6 atom stereocenters. The monoisotopic (exact) mass is 774 g/mol. The Morgan fingerprint density at radius 3 is 0.961 bits per heavy atom. The fourth-order valence-electron chi connectivity index (χ4n) is 6.88. The normalized spacial score (nSPS) is 19.8. The van der Waals surface area contributed by atoms with Gasteiger partial charge in [-0.2, -0.15) is 0 Å². The number of rotatable bonds is 10. The van der Waals surface area contributed by atoms with Gasteiger partial charge in [0.1, 0.15) is 11.0 Å². The molecule has 6 rings (SSSR count). The molecule has 6 unspecified atom stereocenters. The largest absolute Gasteiger partial charge is 0.412 e. The van der Waals surface area contributed by atoms with Crippen LogP contribution in [0.15, 0.2) is 109 Å². The molecule has 4 aromatic carbocycles. The van der Waals surface area contributed by atoms with E-state index in [4.69, 9.17) is 46.4 Å². The van der Waals surface area contributed by atoms with Crippen LogP contribution in [0.3, 0.4) is 0 Å². The summed E-state index contributed by atoms with van der Waals surface area (Å²) in [6.07, 6.45) is -1.07. The van der Waals surface area contributed by atoms with E-state index in [-0.39, 0.29) is 28.6 Å². The van der Waals surface area contributed by atoms with Crippen molar-refractivity contribution in [3.05, 3.63) is 141 Å². The number of aliphatic hydroxyl groups is 2. The molecule has 51 heavy (non-hydrogen) atoms. The lowest BCUT2D eigenvalue weighted by atomic mass is 9.96. The van der Waals surface area contributed by atoms with Crippen LogP contribution in [0.5, 0.6) is 0 Å². The van der Waals surface area contributed by atoms with Crippen LogP contribution < -0.4 is 0 Å². The van der Waals surface area contributed by atoms with Gasteiger partial charge in [-0.05, 0) is 60.4 Å². The zero-order valence-electron chi connectivity index (χ0n) is 29.2. The smallest absolute Gasteiger partial charge is 0.111 e. The molecule has 2 saturated heterocycles. The Morgan fingerprint density at radius 2 is 0.686 bits per heavy atom. The van der Waals surface area contributed by atoms with Crippen molar-refractivity contribution in [2.24, 2.45) is 0 Å². The van der Waals surface area contributed by atoms with Gasteiger partial charge < -0.3 is 15.7 Å². The fraction of sp³-hybridized carbons (Fsp3) is 0.400. The Bertz CT molecular complexity index is 1430. The van der Waals surface area contributed by atoms with Crippen molar-refractivity contribution < 1.29 is 15.7 Å². The highest BCUT2D eigenvalue weighted by atomic mass is 35.5. The lowest BCUT2D eigenvalue weighted by Gasteiger charge is -2.41. The second kappa shape index (κ2) is 20.3. The van der Waals surface area contributed by atoms with E-state index in [0.717, 1.165) is 62.4 Å². The summed E-state index contributed by atoms with van der Waals surface area (Å²) in [5, 5.41) is 21.0. The highest BCUT2D eigenvalue weighted by molar-refractivity contribution is 6.30. The molecule has 4 aromatic rings. The highest BCUT2D eigenvalue weighted by Gasteiger charge is 2.31. The fourth-order valence-corrected chi connectivity index (χ4v) is 7.53. The molecule has 0 saturated carbocycles. The molecule has 4 N–H and O–H groups in total. The maximum absolute atomic E-state index is 9.73. The Labute approximate surface area is 323 Å². The van der Waals surface area contributed by atoms with Crippen molar-refractivity contribution in [2.75, 3.05) is 52.4 Å². The van der Waals surface area contributed by atoms with Crippen LogP contribution >= 0.6 is 46.4 Å². The van der Waals surface area contributed by atoms with E-state index in [1.54, 1.807) is 13.8 Å². The summed E-state index contributed by atoms with van der Waals surface area (Å²) in [5.41, 5.74) is 4.37. The van der Waals surface area contributed by atoms with E-state index < -0.39 is 12.2 Å². The summed E-state index contributed by atoms with van der Waals surface area (Å²) in [4.78, 5) is 9.24. The van der Waals surface area contributed by atoms with Crippen LogP contribution in [0.25, 0.3) is 0 Å². The Morgan fingerprint density at radius 1 is 0.431 bits per heavy atom. The number of hydrogen-bond acceptors (Lipinski definition) is 6. The predicted molar refractivity (Wildman–Crippen MR) is 212 cm³/mol. The van der Waals surface area contributed by atoms with Crippen molar-refractivity contribution in [3.8, 4) is 0 Å². The molecule has 2 aliphatic heterocycles. The van der Waals surface area contributed by atoms with Gasteiger partial charge in [-0.1, -0.05) is 108 Å². The molecule has 0 spiro atoms. The van der Waals surface area contributed by atoms with Gasteiger partial charge in [-0.3, -0.25) is 19.6 Å². The van der Waals surface area contributed by atoms with E-state index in [1.807, 2.05) is 36.4 Å². The number of aliphatic hydroxyl groups excluding tert-OH is 2. The molecule has 2 fully saturated rings. The maximum atomic E-state index is 9.73. The zero-order valence-corrected chi connectivity index (χ0v) is 32.2. The van der Waals surface area contributed by atoms with Gasteiger partial charge in [-0.25, -0.2) is 0 Å². The van der Waals surface area contributed by atoms with Gasteiger partial charge >= 0.3 is 0 Å². The number of nitrogens with zero attached hydrogens (tertiary/aromatic N) is 4. The van der Waals surface area contributed by atoms with Gasteiger partial charge in [0.2, 0.25) is 0 Å². The van der Waals surface area contributed by atoms with Crippen molar-refractivity contribution in [1.29, 1.82) is 0 Å². The van der Waals surface area contributed by atoms with Crippen LogP contribution in [0.4, 0.5) is 0 Å². The molecule has 0 amide bonds. The van der Waals surface area contributed by atoms with Gasteiger partial charge in [-0.15, -0.1) is 23.2 Å². The molecule has 2 heterocycles. The predicted octanol–water partition coefficient (Wildman–Crippen LogP) is 7.16. The van der Waals surface area contributed by atoms with Crippen molar-refractivity contribution >= 4 is 46.4 Å². The van der Waals surface area contributed by atoms with E-state index in [0.29, 0.717) is 0 Å². The van der Waals surface area contributed by atoms with Crippen LogP contribution in [0, 0.1) is 0 Å². The van der Waals surface area contributed by atoms with Gasteiger partial charge in [0.05, 0.1) is 24.3 Å². The minimum atomic E-state index is -0.533. The molecule has 2 aliphatic rings. The van der Waals surface area contributed by atoms with E-state index in [1.165, 1.54) is 22.3 Å². The Kier molecular flexibility index (Phi) is 16.5. The SMILES string of the molecule is CC(O)C(Cl)N1CCN(C(c2ccccc2)c2ccc(Cl)cc2)CC1.CC(O)C(Cl)N1CCN(C(c2ccccc2)c2ccc(Cl)cc2)CC1.O. The average molecular weight is 777 g/mol. The minimum Gasteiger partial charge on any atom is -0.412 e. The summed E-state index contributed by atoms with van der Waals surface area (Å²) in [5.74, 6) is 0. The first-order valence-corrected chi connectivity index (χ1v) is 19.0. The third-order valence-corrected chi connectivity index (χ3v) is 11.3. The maximum Gasteiger partial charge on any atom is 0.111 e. The lowest BCUT2D eigenvalue weighted by Crippen LogP contribution is -2.52. The molecule has 7 nitrogen and oxygen atoms in total. The van der Waals surface area contributed by atoms with Gasteiger partial charge in [0, 0.05) is 62.4 Å². The van der Waals surface area contributed by atoms with Gasteiger partial charge in [0.15, 0.2) is 0 Å². The highest BCUT2D eigenvalue weighted by Crippen LogP contribution is 2.32. The second-order valence-electron chi connectivity index (χ2n) is 13.1. The number of hydrogen-bond donors (Lipinski definition) is 2. The number of benzene rings is 4. The topological polar surface area (TPSA) is 84.9 Å². The summed E-state index contributed by atoms with van der Waals surface area (Å²) in [6, 6.07) is 37.7. The van der Waals surface area contributed by atoms with Crippen molar-refractivity contribution in [3.63, 3.8) is 0 Å². The first-order valence-electron chi connectivity index (χ1n) is 17.3. The molecular formula is C40H50Cl4N4O3. The number of alkyl halides is 2. The zero-order chi connectivity index (χ0) is 35.6. The number of halogens is 4. The van der Waals surface area contributed by atoms with Gasteiger partial charge in [0.25, 0.3) is 0 Å². The average Bonchev–Trinajstić information content (AvgIpc) is 3.14. The molecule has 0 aliphatic carbocycles. The van der Waals surface area contributed by atoms with Crippen molar-refractivity contribution in [2.45, 2.75) is 49.1 Å². The summed E-state index contributed by atoms with van der Waals surface area (Å²) < 4.78 is 0. The molecule has 0 radical (unpaired) electrons. The Hall–Kier alpha value is -2.24. The van der Waals surface area contributed by atoms with E-state index in [9.17, 15) is 10.2 Å². The van der Waals surface area contributed by atoms with Crippen LogP contribution in [0.2, 0.25) is 10.0 Å². The molecular weight excluding hydrogens is 726 g/mol. The molecule has 0 aromatic heterocycles. The summed E-state index contributed by atoms with van der Waals surface area (Å²) in [6.45, 7) is 10.5. The second-order valence-corrected chi connectivity index (χ2v) is 14.9. The van der Waals surface area contributed by atoms with Crippen LogP contribution in [0.1, 0.15) is 48.2 Å². The van der Waals surface area contributed by atoms with Crippen molar-refractivity contribution in [1.82, 2.24) is 19.6 Å². The van der Waals surface area contributed by atoms with E-state index >= 15 is 0 Å². The minimum absolute atomic E-state index is 0. The molecule has 276 valence electrons. The third-order valence-electron chi connectivity index (χ3n) is 9.52. The first-order chi connectivity index (χ1) is 24.1. The molecule has 11 heteroatoms. The Balaban J connectivity index is 0.000000224. The third kappa shape index (κ3) is 11.4. The van der Waals surface area contributed by atoms with Crippen LogP contribution in [-0.4, -0.2) is 111 Å². The summed E-state index contributed by atoms with van der Waals surface area (Å²) >= 11 is 24.8.